The smallest absolute Gasteiger partial charge is 0.137 e. The average Bonchev–Trinajstić information content (AvgIpc) is 2.96. The quantitative estimate of drug-likeness (QED) is 0.622. The van der Waals surface area contributed by atoms with Crippen molar-refractivity contribution < 1.29 is 0 Å². The van der Waals surface area contributed by atoms with Crippen molar-refractivity contribution in [2.75, 3.05) is 16.8 Å². The molecular formula is C16H15BrN2S. The first-order valence-corrected chi connectivity index (χ1v) is 8.55. The number of aromatic nitrogens is 1. The van der Waals surface area contributed by atoms with E-state index in [0.29, 0.717) is 0 Å². The molecule has 0 aliphatic rings. The van der Waals surface area contributed by atoms with Gasteiger partial charge in [-0.05, 0) is 23.1 Å². The van der Waals surface area contributed by atoms with Gasteiger partial charge >= 0.3 is 0 Å². The fraction of sp³-hybridized carbons (Fsp3) is 0.188. The normalized spacial score (nSPS) is 10.8. The molecule has 0 bridgehead atoms. The molecule has 4 heteroatoms. The molecule has 0 saturated carbocycles. The molecular weight excluding hydrogens is 332 g/mol. The van der Waals surface area contributed by atoms with Crippen LogP contribution in [0.3, 0.4) is 0 Å². The van der Waals surface area contributed by atoms with Crippen LogP contribution in [0.4, 0.5) is 5.82 Å². The summed E-state index contributed by atoms with van der Waals surface area (Å²) in [5, 5.41) is 4.31. The van der Waals surface area contributed by atoms with Crippen molar-refractivity contribution >= 4 is 43.2 Å². The molecule has 3 rings (SSSR count). The number of anilines is 1. The minimum atomic E-state index is 0.883. The molecule has 0 radical (unpaired) electrons. The number of hydrogen-bond donors (Lipinski definition) is 0. The Labute approximate surface area is 131 Å². The average molecular weight is 347 g/mol. The van der Waals surface area contributed by atoms with Crippen LogP contribution in [0.15, 0.2) is 54.0 Å². The summed E-state index contributed by atoms with van der Waals surface area (Å²) in [6.45, 7) is 1.82. The van der Waals surface area contributed by atoms with E-state index in [1.807, 2.05) is 6.20 Å². The molecule has 102 valence electrons. The van der Waals surface area contributed by atoms with Gasteiger partial charge in [0.1, 0.15) is 5.82 Å². The Morgan fingerprint density at radius 1 is 1.10 bits per heavy atom. The Balaban J connectivity index is 1.96. The van der Waals surface area contributed by atoms with Crippen molar-refractivity contribution in [2.45, 2.75) is 6.54 Å². The summed E-state index contributed by atoms with van der Waals surface area (Å²) < 4.78 is 1.29. The van der Waals surface area contributed by atoms with E-state index in [9.17, 15) is 0 Å². The van der Waals surface area contributed by atoms with Crippen molar-refractivity contribution in [2.24, 2.45) is 0 Å². The second-order valence-electron chi connectivity index (χ2n) is 4.56. The largest absolute Gasteiger partial charge is 0.351 e. The zero-order chi connectivity index (χ0) is 13.8. The summed E-state index contributed by atoms with van der Waals surface area (Å²) in [5.41, 5.74) is 1.31. The summed E-state index contributed by atoms with van der Waals surface area (Å²) in [4.78, 5) is 6.94. The SMILES string of the molecule is BrCCN(Cc1ccccc1)c1nccc2sccc12. The summed E-state index contributed by atoms with van der Waals surface area (Å²) in [6, 6.07) is 14.8. The first-order valence-electron chi connectivity index (χ1n) is 6.55. The van der Waals surface area contributed by atoms with Crippen LogP contribution in [0, 0.1) is 0 Å². The third kappa shape index (κ3) is 2.86. The molecule has 0 aliphatic carbocycles. The third-order valence-electron chi connectivity index (χ3n) is 3.23. The van der Waals surface area contributed by atoms with Gasteiger partial charge in [0.15, 0.2) is 0 Å². The number of alkyl halides is 1. The molecule has 3 aromatic rings. The predicted molar refractivity (Wildman–Crippen MR) is 90.9 cm³/mol. The van der Waals surface area contributed by atoms with Crippen LogP contribution in [-0.4, -0.2) is 16.9 Å². The van der Waals surface area contributed by atoms with Crippen LogP contribution in [-0.2, 0) is 6.54 Å². The Hall–Kier alpha value is -1.39. The summed E-state index contributed by atoms with van der Waals surface area (Å²) in [5.74, 6) is 1.08. The lowest BCUT2D eigenvalue weighted by Gasteiger charge is -2.23. The molecule has 2 nitrogen and oxygen atoms in total. The zero-order valence-electron chi connectivity index (χ0n) is 11.0. The highest BCUT2D eigenvalue weighted by atomic mass is 79.9. The Bertz CT molecular complexity index is 681. The standard InChI is InChI=1S/C16H15BrN2S/c17-8-10-19(12-13-4-2-1-3-5-13)16-14-7-11-20-15(14)6-9-18-16/h1-7,9,11H,8,10,12H2. The molecule has 1 aromatic carbocycles. The minimum Gasteiger partial charge on any atom is -0.351 e. The van der Waals surface area contributed by atoms with E-state index >= 15 is 0 Å². The van der Waals surface area contributed by atoms with E-state index in [4.69, 9.17) is 0 Å². The molecule has 0 N–H and O–H groups in total. The molecule has 0 unspecified atom stereocenters. The van der Waals surface area contributed by atoms with E-state index in [-0.39, 0.29) is 0 Å². The van der Waals surface area contributed by atoms with Crippen LogP contribution in [0.2, 0.25) is 0 Å². The lowest BCUT2D eigenvalue weighted by atomic mass is 10.2. The predicted octanol–water partition coefficient (Wildman–Crippen LogP) is 4.70. The molecule has 20 heavy (non-hydrogen) atoms. The van der Waals surface area contributed by atoms with E-state index in [2.05, 4.69) is 73.7 Å². The highest BCUT2D eigenvalue weighted by Crippen LogP contribution is 2.29. The van der Waals surface area contributed by atoms with Crippen LogP contribution < -0.4 is 4.90 Å². The van der Waals surface area contributed by atoms with Gasteiger partial charge in [0.25, 0.3) is 0 Å². The number of hydrogen-bond acceptors (Lipinski definition) is 3. The van der Waals surface area contributed by atoms with Crippen LogP contribution in [0.5, 0.6) is 0 Å². The molecule has 0 saturated heterocycles. The Morgan fingerprint density at radius 2 is 1.95 bits per heavy atom. The van der Waals surface area contributed by atoms with Gasteiger partial charge in [-0.2, -0.15) is 0 Å². The summed E-state index contributed by atoms with van der Waals surface area (Å²) in [6.07, 6.45) is 1.90. The lowest BCUT2D eigenvalue weighted by Crippen LogP contribution is -2.25. The zero-order valence-corrected chi connectivity index (χ0v) is 13.4. The van der Waals surface area contributed by atoms with Crippen molar-refractivity contribution in [1.82, 2.24) is 4.98 Å². The fourth-order valence-corrected chi connectivity index (χ4v) is 3.50. The summed E-state index contributed by atoms with van der Waals surface area (Å²) in [7, 11) is 0. The van der Waals surface area contributed by atoms with E-state index in [1.165, 1.54) is 15.6 Å². The van der Waals surface area contributed by atoms with Crippen molar-refractivity contribution in [3.63, 3.8) is 0 Å². The maximum Gasteiger partial charge on any atom is 0.137 e. The van der Waals surface area contributed by atoms with Gasteiger partial charge in [0.2, 0.25) is 0 Å². The molecule has 0 fully saturated rings. The molecule has 0 aliphatic heterocycles. The molecule has 0 atom stereocenters. The van der Waals surface area contributed by atoms with Crippen LogP contribution in [0.1, 0.15) is 5.56 Å². The van der Waals surface area contributed by atoms with Crippen LogP contribution >= 0.6 is 27.3 Å². The van der Waals surface area contributed by atoms with Gasteiger partial charge in [-0.1, -0.05) is 46.3 Å². The van der Waals surface area contributed by atoms with Gasteiger partial charge in [-0.3, -0.25) is 0 Å². The number of pyridine rings is 1. The van der Waals surface area contributed by atoms with E-state index < -0.39 is 0 Å². The van der Waals surface area contributed by atoms with Crippen molar-refractivity contribution in [1.29, 1.82) is 0 Å². The maximum atomic E-state index is 4.61. The number of benzene rings is 1. The van der Waals surface area contributed by atoms with E-state index in [0.717, 1.165) is 24.2 Å². The van der Waals surface area contributed by atoms with Gasteiger partial charge in [0, 0.05) is 34.7 Å². The highest BCUT2D eigenvalue weighted by molar-refractivity contribution is 9.09. The van der Waals surface area contributed by atoms with Crippen molar-refractivity contribution in [3.05, 3.63) is 59.6 Å². The Morgan fingerprint density at radius 3 is 2.75 bits per heavy atom. The number of nitrogens with zero attached hydrogens (tertiary/aromatic N) is 2. The van der Waals surface area contributed by atoms with Gasteiger partial charge in [0.05, 0.1) is 0 Å². The molecule has 0 spiro atoms. The Kier molecular flexibility index (Phi) is 4.33. The first-order chi connectivity index (χ1) is 9.88. The molecule has 2 aromatic heterocycles. The highest BCUT2D eigenvalue weighted by Gasteiger charge is 2.12. The van der Waals surface area contributed by atoms with Crippen molar-refractivity contribution in [3.8, 4) is 0 Å². The second-order valence-corrected chi connectivity index (χ2v) is 6.30. The number of thiophene rings is 1. The minimum absolute atomic E-state index is 0.883. The van der Waals surface area contributed by atoms with Gasteiger partial charge in [-0.15, -0.1) is 11.3 Å². The van der Waals surface area contributed by atoms with Crippen LogP contribution in [0.25, 0.3) is 10.1 Å². The van der Waals surface area contributed by atoms with Gasteiger partial charge < -0.3 is 4.90 Å². The molecule has 0 amide bonds. The summed E-state index contributed by atoms with van der Waals surface area (Å²) >= 11 is 5.31. The second kappa shape index (κ2) is 6.37. The monoisotopic (exact) mass is 346 g/mol. The maximum absolute atomic E-state index is 4.61. The number of fused-ring (bicyclic) bond motifs is 1. The number of halogens is 1. The fourth-order valence-electron chi connectivity index (χ4n) is 2.30. The van der Waals surface area contributed by atoms with Gasteiger partial charge in [-0.25, -0.2) is 4.98 Å². The first kappa shape index (κ1) is 13.6. The van der Waals surface area contributed by atoms with E-state index in [1.54, 1.807) is 11.3 Å². The lowest BCUT2D eigenvalue weighted by molar-refractivity contribution is 0.827. The number of rotatable bonds is 5. The molecule has 2 heterocycles. The topological polar surface area (TPSA) is 16.1 Å². The third-order valence-corrected chi connectivity index (χ3v) is 4.47.